The van der Waals surface area contributed by atoms with Crippen LogP contribution < -0.4 is 5.32 Å². The summed E-state index contributed by atoms with van der Waals surface area (Å²) in [6.45, 7) is 4.55. The molecule has 1 heterocycles. The fraction of sp³-hybridized carbons (Fsp3) is 0.571. The zero-order valence-electron chi connectivity index (χ0n) is 9.79. The first-order chi connectivity index (χ1) is 7.36. The van der Waals surface area contributed by atoms with Crippen LogP contribution in [0.2, 0.25) is 0 Å². The van der Waals surface area contributed by atoms with Gasteiger partial charge in [0.25, 0.3) is 0 Å². The van der Waals surface area contributed by atoms with E-state index in [1.54, 1.807) is 0 Å². The van der Waals surface area contributed by atoms with Gasteiger partial charge < -0.3 is 5.32 Å². The molecular formula is C14H21N. The van der Waals surface area contributed by atoms with Crippen molar-refractivity contribution in [3.8, 4) is 0 Å². The summed E-state index contributed by atoms with van der Waals surface area (Å²) in [4.78, 5) is 0. The van der Waals surface area contributed by atoms with E-state index in [-0.39, 0.29) is 0 Å². The Morgan fingerprint density at radius 2 is 2.00 bits per heavy atom. The fourth-order valence-corrected chi connectivity index (χ4v) is 2.64. The van der Waals surface area contributed by atoms with E-state index in [4.69, 9.17) is 0 Å². The molecule has 0 bridgehead atoms. The van der Waals surface area contributed by atoms with E-state index in [2.05, 4.69) is 43.4 Å². The summed E-state index contributed by atoms with van der Waals surface area (Å²) in [6.07, 6.45) is 5.20. The summed E-state index contributed by atoms with van der Waals surface area (Å²) in [7, 11) is 0. The number of anilines is 1. The highest BCUT2D eigenvalue weighted by molar-refractivity contribution is 5.59. The Morgan fingerprint density at radius 3 is 2.73 bits per heavy atom. The maximum absolute atomic E-state index is 3.64. The molecule has 0 aliphatic carbocycles. The molecule has 1 N–H and O–H groups in total. The minimum Gasteiger partial charge on any atom is -0.381 e. The van der Waals surface area contributed by atoms with Gasteiger partial charge in [0.1, 0.15) is 0 Å². The summed E-state index contributed by atoms with van der Waals surface area (Å²) in [6, 6.07) is 9.45. The lowest BCUT2D eigenvalue weighted by molar-refractivity contribution is 0.518. The van der Waals surface area contributed by atoms with Gasteiger partial charge in [-0.1, -0.05) is 44.9 Å². The van der Waals surface area contributed by atoms with Gasteiger partial charge in [-0.2, -0.15) is 0 Å². The summed E-state index contributed by atoms with van der Waals surface area (Å²) in [5.41, 5.74) is 2.91. The van der Waals surface area contributed by atoms with Crippen molar-refractivity contribution in [1.29, 1.82) is 0 Å². The average Bonchev–Trinajstić information content (AvgIpc) is 2.64. The van der Waals surface area contributed by atoms with Crippen molar-refractivity contribution in [1.82, 2.24) is 0 Å². The van der Waals surface area contributed by atoms with Gasteiger partial charge in [-0.25, -0.2) is 0 Å². The molecule has 1 aliphatic heterocycles. The van der Waals surface area contributed by atoms with Crippen LogP contribution in [0.15, 0.2) is 24.3 Å². The van der Waals surface area contributed by atoms with E-state index < -0.39 is 0 Å². The molecule has 0 spiro atoms. The molecule has 0 amide bonds. The highest BCUT2D eigenvalue weighted by Gasteiger charge is 2.29. The minimum absolute atomic E-state index is 0.661. The molecule has 2 atom stereocenters. The second-order valence-electron chi connectivity index (χ2n) is 4.50. The van der Waals surface area contributed by atoms with Gasteiger partial charge in [0.15, 0.2) is 0 Å². The maximum atomic E-state index is 3.64. The normalized spacial score (nSPS) is 23.6. The quantitative estimate of drug-likeness (QED) is 0.774. The van der Waals surface area contributed by atoms with Crippen molar-refractivity contribution in [3.63, 3.8) is 0 Å². The van der Waals surface area contributed by atoms with Crippen LogP contribution in [0.5, 0.6) is 0 Å². The maximum Gasteiger partial charge on any atom is 0.0378 e. The topological polar surface area (TPSA) is 12.0 Å². The monoisotopic (exact) mass is 203 g/mol. The Bertz CT molecular complexity index is 319. The van der Waals surface area contributed by atoms with Gasteiger partial charge >= 0.3 is 0 Å². The van der Waals surface area contributed by atoms with Crippen LogP contribution in [0.25, 0.3) is 0 Å². The Hall–Kier alpha value is -0.980. The molecule has 2 rings (SSSR count). The summed E-state index contributed by atoms with van der Waals surface area (Å²) >= 11 is 0. The molecule has 0 fully saturated rings. The van der Waals surface area contributed by atoms with E-state index in [0.29, 0.717) is 6.04 Å². The van der Waals surface area contributed by atoms with Crippen LogP contribution in [-0.4, -0.2) is 6.04 Å². The first-order valence-electron chi connectivity index (χ1n) is 6.22. The summed E-state index contributed by atoms with van der Waals surface area (Å²) in [5.74, 6) is 0.742. The van der Waals surface area contributed by atoms with Gasteiger partial charge in [-0.15, -0.1) is 0 Å². The van der Waals surface area contributed by atoms with Gasteiger partial charge in [0, 0.05) is 17.6 Å². The zero-order valence-corrected chi connectivity index (χ0v) is 9.79. The highest BCUT2D eigenvalue weighted by atomic mass is 15.0. The van der Waals surface area contributed by atoms with Crippen molar-refractivity contribution in [2.45, 2.75) is 51.5 Å². The predicted octanol–water partition coefficient (Wildman–Crippen LogP) is 4.16. The molecule has 1 aromatic carbocycles. The largest absolute Gasteiger partial charge is 0.381 e. The number of benzene rings is 1. The number of hydrogen-bond acceptors (Lipinski definition) is 1. The molecular weight excluding hydrogens is 182 g/mol. The van der Waals surface area contributed by atoms with Crippen LogP contribution in [0.4, 0.5) is 5.69 Å². The Morgan fingerprint density at radius 1 is 1.20 bits per heavy atom. The van der Waals surface area contributed by atoms with E-state index in [9.17, 15) is 0 Å². The molecule has 1 heteroatoms. The average molecular weight is 203 g/mol. The minimum atomic E-state index is 0.661. The molecule has 1 aromatic rings. The molecule has 82 valence electrons. The number of para-hydroxylation sites is 1. The number of nitrogens with one attached hydrogen (secondary N) is 1. The fourth-order valence-electron chi connectivity index (χ4n) is 2.64. The number of fused-ring (bicyclic) bond motifs is 1. The van der Waals surface area contributed by atoms with Crippen molar-refractivity contribution in [3.05, 3.63) is 29.8 Å². The molecule has 0 saturated carbocycles. The summed E-state index contributed by atoms with van der Waals surface area (Å²) < 4.78 is 0. The lowest BCUT2D eigenvalue weighted by Crippen LogP contribution is -2.19. The van der Waals surface area contributed by atoms with Gasteiger partial charge in [0.2, 0.25) is 0 Å². The second-order valence-corrected chi connectivity index (χ2v) is 4.50. The molecule has 2 unspecified atom stereocenters. The lowest BCUT2D eigenvalue weighted by atomic mass is 9.89. The van der Waals surface area contributed by atoms with Crippen LogP contribution >= 0.6 is 0 Å². The van der Waals surface area contributed by atoms with E-state index in [0.717, 1.165) is 5.92 Å². The molecule has 0 radical (unpaired) electrons. The Kier molecular flexibility index (Phi) is 3.30. The SMILES string of the molecule is CCCCC1c2ccccc2NC1CC. The molecule has 1 aliphatic rings. The zero-order chi connectivity index (χ0) is 10.7. The predicted molar refractivity (Wildman–Crippen MR) is 66.4 cm³/mol. The van der Waals surface area contributed by atoms with Crippen molar-refractivity contribution >= 4 is 5.69 Å². The molecule has 0 aromatic heterocycles. The third kappa shape index (κ3) is 2.01. The van der Waals surface area contributed by atoms with E-state index in [1.165, 1.54) is 36.9 Å². The van der Waals surface area contributed by atoms with Crippen LogP contribution in [0, 0.1) is 0 Å². The van der Waals surface area contributed by atoms with Crippen LogP contribution in [-0.2, 0) is 0 Å². The van der Waals surface area contributed by atoms with E-state index >= 15 is 0 Å². The number of rotatable bonds is 4. The first-order valence-corrected chi connectivity index (χ1v) is 6.22. The van der Waals surface area contributed by atoms with Crippen molar-refractivity contribution in [2.24, 2.45) is 0 Å². The van der Waals surface area contributed by atoms with E-state index in [1.807, 2.05) is 0 Å². The molecule has 1 nitrogen and oxygen atoms in total. The standard InChI is InChI=1S/C14H21N/c1-3-5-8-11-12-9-6-7-10-14(12)15-13(11)4-2/h6-7,9-11,13,15H,3-5,8H2,1-2H3. The lowest BCUT2D eigenvalue weighted by Gasteiger charge is -2.18. The Labute approximate surface area is 92.9 Å². The van der Waals surface area contributed by atoms with Crippen molar-refractivity contribution in [2.75, 3.05) is 5.32 Å². The highest BCUT2D eigenvalue weighted by Crippen LogP contribution is 2.39. The Balaban J connectivity index is 2.18. The molecule has 0 saturated heterocycles. The number of hydrogen-bond donors (Lipinski definition) is 1. The number of unbranched alkanes of at least 4 members (excludes halogenated alkanes) is 1. The van der Waals surface area contributed by atoms with Crippen molar-refractivity contribution < 1.29 is 0 Å². The van der Waals surface area contributed by atoms with Gasteiger partial charge in [-0.3, -0.25) is 0 Å². The van der Waals surface area contributed by atoms with Gasteiger partial charge in [-0.05, 0) is 24.5 Å². The smallest absolute Gasteiger partial charge is 0.0378 e. The third-order valence-electron chi connectivity index (χ3n) is 3.50. The van der Waals surface area contributed by atoms with Gasteiger partial charge in [0.05, 0.1) is 0 Å². The van der Waals surface area contributed by atoms with Crippen LogP contribution in [0.1, 0.15) is 51.0 Å². The third-order valence-corrected chi connectivity index (χ3v) is 3.50. The molecule has 15 heavy (non-hydrogen) atoms. The van der Waals surface area contributed by atoms with Crippen LogP contribution in [0.3, 0.4) is 0 Å². The first kappa shape index (κ1) is 10.5. The second kappa shape index (κ2) is 4.69. The summed E-state index contributed by atoms with van der Waals surface area (Å²) in [5, 5.41) is 3.64.